The van der Waals surface area contributed by atoms with Crippen LogP contribution in [0, 0.1) is 5.92 Å². The summed E-state index contributed by atoms with van der Waals surface area (Å²) in [6, 6.07) is 5.00. The molecule has 0 aliphatic heterocycles. The van der Waals surface area contributed by atoms with Crippen LogP contribution in [0.2, 0.25) is 0 Å². The number of halogens is 1. The summed E-state index contributed by atoms with van der Waals surface area (Å²) in [4.78, 5) is 0.181. The SMILES string of the molecule is CCN(CC(C)C)S(=O)(=O)c1cc(CCl)ccc1OC. The number of sulfonamides is 1. The zero-order chi connectivity index (χ0) is 15.3. The Morgan fingerprint density at radius 1 is 1.35 bits per heavy atom. The highest BCUT2D eigenvalue weighted by Gasteiger charge is 2.27. The maximum Gasteiger partial charge on any atom is 0.246 e. The molecule has 114 valence electrons. The second kappa shape index (κ2) is 7.29. The first-order chi connectivity index (χ1) is 9.36. The van der Waals surface area contributed by atoms with E-state index in [9.17, 15) is 8.42 Å². The van der Waals surface area contributed by atoms with E-state index in [0.29, 0.717) is 18.8 Å². The number of nitrogens with zero attached hydrogens (tertiary/aromatic N) is 1. The Labute approximate surface area is 126 Å². The van der Waals surface area contributed by atoms with Crippen molar-refractivity contribution in [2.24, 2.45) is 5.92 Å². The molecule has 6 heteroatoms. The fraction of sp³-hybridized carbons (Fsp3) is 0.571. The molecule has 0 unspecified atom stereocenters. The fourth-order valence-electron chi connectivity index (χ4n) is 1.95. The maximum absolute atomic E-state index is 12.7. The van der Waals surface area contributed by atoms with E-state index < -0.39 is 10.0 Å². The monoisotopic (exact) mass is 319 g/mol. The first-order valence-electron chi connectivity index (χ1n) is 6.59. The smallest absolute Gasteiger partial charge is 0.246 e. The van der Waals surface area contributed by atoms with Crippen molar-refractivity contribution in [2.75, 3.05) is 20.2 Å². The quantitative estimate of drug-likeness (QED) is 0.725. The first-order valence-corrected chi connectivity index (χ1v) is 8.57. The molecule has 0 spiro atoms. The van der Waals surface area contributed by atoms with Crippen LogP contribution in [0.15, 0.2) is 23.1 Å². The summed E-state index contributed by atoms with van der Waals surface area (Å²) in [6.07, 6.45) is 0. The Morgan fingerprint density at radius 3 is 2.45 bits per heavy atom. The molecule has 0 aliphatic rings. The zero-order valence-corrected chi connectivity index (χ0v) is 14.0. The van der Waals surface area contributed by atoms with E-state index in [0.717, 1.165) is 5.56 Å². The number of hydrogen-bond acceptors (Lipinski definition) is 3. The van der Waals surface area contributed by atoms with Gasteiger partial charge in [-0.3, -0.25) is 0 Å². The predicted molar refractivity (Wildman–Crippen MR) is 81.8 cm³/mol. The van der Waals surface area contributed by atoms with Gasteiger partial charge in [-0.2, -0.15) is 4.31 Å². The highest BCUT2D eigenvalue weighted by molar-refractivity contribution is 7.89. The van der Waals surface area contributed by atoms with Crippen LogP contribution in [0.25, 0.3) is 0 Å². The van der Waals surface area contributed by atoms with Crippen LogP contribution in [-0.4, -0.2) is 32.9 Å². The van der Waals surface area contributed by atoms with Crippen molar-refractivity contribution in [3.05, 3.63) is 23.8 Å². The molecule has 0 bridgehead atoms. The van der Waals surface area contributed by atoms with Gasteiger partial charge in [-0.25, -0.2) is 8.42 Å². The molecule has 1 rings (SSSR count). The largest absolute Gasteiger partial charge is 0.495 e. The lowest BCUT2D eigenvalue weighted by molar-refractivity contribution is 0.371. The van der Waals surface area contributed by atoms with Gasteiger partial charge in [0.15, 0.2) is 0 Å². The Hall–Kier alpha value is -0.780. The van der Waals surface area contributed by atoms with Crippen molar-refractivity contribution in [2.45, 2.75) is 31.5 Å². The number of benzene rings is 1. The molecule has 0 fully saturated rings. The summed E-state index contributed by atoms with van der Waals surface area (Å²) < 4.78 is 32.1. The van der Waals surface area contributed by atoms with E-state index in [1.165, 1.54) is 11.4 Å². The topological polar surface area (TPSA) is 46.6 Å². The Kier molecular flexibility index (Phi) is 6.30. The molecular weight excluding hydrogens is 298 g/mol. The molecule has 0 aliphatic carbocycles. The average molecular weight is 320 g/mol. The highest BCUT2D eigenvalue weighted by Crippen LogP contribution is 2.28. The van der Waals surface area contributed by atoms with Crippen LogP contribution in [0.1, 0.15) is 26.3 Å². The van der Waals surface area contributed by atoms with Crippen molar-refractivity contribution in [3.8, 4) is 5.75 Å². The normalized spacial score (nSPS) is 12.2. The maximum atomic E-state index is 12.7. The number of rotatable bonds is 7. The van der Waals surface area contributed by atoms with E-state index in [4.69, 9.17) is 16.3 Å². The van der Waals surface area contributed by atoms with Gasteiger partial charge in [-0.05, 0) is 23.6 Å². The van der Waals surface area contributed by atoms with Gasteiger partial charge in [0, 0.05) is 19.0 Å². The first kappa shape index (κ1) is 17.3. The molecular formula is C14H22ClNO3S. The van der Waals surface area contributed by atoms with Crippen LogP contribution in [0.4, 0.5) is 0 Å². The zero-order valence-electron chi connectivity index (χ0n) is 12.4. The lowest BCUT2D eigenvalue weighted by Gasteiger charge is -2.23. The molecule has 1 aromatic carbocycles. The molecule has 0 radical (unpaired) electrons. The molecule has 0 saturated heterocycles. The van der Waals surface area contributed by atoms with Gasteiger partial charge in [0.1, 0.15) is 10.6 Å². The third kappa shape index (κ3) is 3.87. The minimum Gasteiger partial charge on any atom is -0.495 e. The van der Waals surface area contributed by atoms with Gasteiger partial charge in [0.25, 0.3) is 0 Å². The highest BCUT2D eigenvalue weighted by atomic mass is 35.5. The van der Waals surface area contributed by atoms with E-state index in [1.807, 2.05) is 20.8 Å². The molecule has 1 aromatic rings. The fourth-order valence-corrected chi connectivity index (χ4v) is 3.93. The summed E-state index contributed by atoms with van der Waals surface area (Å²) in [5.74, 6) is 0.871. The van der Waals surface area contributed by atoms with Gasteiger partial charge in [0.2, 0.25) is 10.0 Å². The lowest BCUT2D eigenvalue weighted by atomic mass is 10.2. The van der Waals surface area contributed by atoms with E-state index in [1.54, 1.807) is 18.2 Å². The van der Waals surface area contributed by atoms with Crippen molar-refractivity contribution >= 4 is 21.6 Å². The molecule has 0 atom stereocenters. The van der Waals surface area contributed by atoms with Gasteiger partial charge in [-0.15, -0.1) is 11.6 Å². The predicted octanol–water partition coefficient (Wildman–Crippen LogP) is 3.10. The van der Waals surface area contributed by atoms with E-state index in [-0.39, 0.29) is 16.7 Å². The summed E-state index contributed by atoms with van der Waals surface area (Å²) in [7, 11) is -2.11. The van der Waals surface area contributed by atoms with Gasteiger partial charge in [-0.1, -0.05) is 26.8 Å². The molecule has 0 N–H and O–H groups in total. The summed E-state index contributed by atoms with van der Waals surface area (Å²) in [5, 5.41) is 0. The average Bonchev–Trinajstić information content (AvgIpc) is 2.43. The van der Waals surface area contributed by atoms with Crippen LogP contribution in [0.5, 0.6) is 5.75 Å². The van der Waals surface area contributed by atoms with Crippen LogP contribution >= 0.6 is 11.6 Å². The third-order valence-electron chi connectivity index (χ3n) is 2.92. The second-order valence-electron chi connectivity index (χ2n) is 4.97. The van der Waals surface area contributed by atoms with Crippen molar-refractivity contribution in [1.29, 1.82) is 0 Å². The number of ether oxygens (including phenoxy) is 1. The summed E-state index contributed by atoms with van der Waals surface area (Å²) >= 11 is 5.79. The van der Waals surface area contributed by atoms with Crippen LogP contribution in [0.3, 0.4) is 0 Å². The van der Waals surface area contributed by atoms with Crippen LogP contribution < -0.4 is 4.74 Å². The van der Waals surface area contributed by atoms with E-state index in [2.05, 4.69) is 0 Å². The van der Waals surface area contributed by atoms with Gasteiger partial charge in [0.05, 0.1) is 7.11 Å². The summed E-state index contributed by atoms with van der Waals surface area (Å²) in [6.45, 7) is 6.72. The Balaban J connectivity index is 3.31. The van der Waals surface area contributed by atoms with Crippen LogP contribution in [-0.2, 0) is 15.9 Å². The van der Waals surface area contributed by atoms with Gasteiger partial charge < -0.3 is 4.74 Å². The lowest BCUT2D eigenvalue weighted by Crippen LogP contribution is -2.34. The molecule has 4 nitrogen and oxygen atoms in total. The molecule has 0 heterocycles. The summed E-state index contributed by atoms with van der Waals surface area (Å²) in [5.41, 5.74) is 0.756. The number of alkyl halides is 1. The Bertz CT molecular complexity index is 543. The van der Waals surface area contributed by atoms with Crippen molar-refractivity contribution < 1.29 is 13.2 Å². The van der Waals surface area contributed by atoms with Crippen molar-refractivity contribution in [1.82, 2.24) is 4.31 Å². The van der Waals surface area contributed by atoms with Crippen molar-refractivity contribution in [3.63, 3.8) is 0 Å². The molecule has 0 saturated carbocycles. The number of methoxy groups -OCH3 is 1. The standard InChI is InChI=1S/C14H22ClNO3S/c1-5-16(10-11(2)3)20(17,18)14-8-12(9-15)6-7-13(14)19-4/h6-8,11H,5,9-10H2,1-4H3. The third-order valence-corrected chi connectivity index (χ3v) is 5.19. The minimum atomic E-state index is -3.57. The Morgan fingerprint density at radius 2 is 2.00 bits per heavy atom. The second-order valence-corrected chi connectivity index (χ2v) is 7.14. The molecule has 0 amide bonds. The molecule has 0 aromatic heterocycles. The molecule has 20 heavy (non-hydrogen) atoms. The van der Waals surface area contributed by atoms with E-state index >= 15 is 0 Å². The minimum absolute atomic E-state index is 0.181. The van der Waals surface area contributed by atoms with Gasteiger partial charge >= 0.3 is 0 Å². The number of hydrogen-bond donors (Lipinski definition) is 0.